The van der Waals surface area contributed by atoms with E-state index in [0.29, 0.717) is 28.6 Å². The zero-order valence-corrected chi connectivity index (χ0v) is 21.9. The van der Waals surface area contributed by atoms with E-state index in [2.05, 4.69) is 19.2 Å². The highest BCUT2D eigenvalue weighted by Gasteiger charge is 2.29. The summed E-state index contributed by atoms with van der Waals surface area (Å²) in [6.07, 6.45) is 0.694. The molecule has 6 nitrogen and oxygen atoms in total. The van der Waals surface area contributed by atoms with Crippen LogP contribution in [0, 0.1) is 12.8 Å². The third-order valence-corrected chi connectivity index (χ3v) is 7.63. The fourth-order valence-corrected chi connectivity index (χ4v) is 5.49. The Morgan fingerprint density at radius 3 is 2.29 bits per heavy atom. The van der Waals surface area contributed by atoms with E-state index in [4.69, 9.17) is 16.3 Å². The van der Waals surface area contributed by atoms with Gasteiger partial charge in [0.05, 0.1) is 23.7 Å². The van der Waals surface area contributed by atoms with Gasteiger partial charge in [0.25, 0.3) is 10.0 Å². The van der Waals surface area contributed by atoms with Gasteiger partial charge in [0.2, 0.25) is 5.91 Å². The number of hydrogen-bond donors (Lipinski definition) is 1. The van der Waals surface area contributed by atoms with Gasteiger partial charge in [-0.05, 0) is 66.8 Å². The second-order valence-electron chi connectivity index (χ2n) is 8.78. The minimum absolute atomic E-state index is 0.0982. The molecule has 0 spiro atoms. The number of carbonyl (C=O) groups is 1. The third kappa shape index (κ3) is 6.77. The smallest absolute Gasteiger partial charge is 0.264 e. The number of rotatable bonds is 10. The van der Waals surface area contributed by atoms with Gasteiger partial charge in [-0.15, -0.1) is 0 Å². The largest absolute Gasteiger partial charge is 0.497 e. The number of nitrogens with zero attached hydrogens (tertiary/aromatic N) is 1. The average molecular weight is 515 g/mol. The van der Waals surface area contributed by atoms with Crippen molar-refractivity contribution in [1.82, 2.24) is 5.32 Å². The molecule has 8 heteroatoms. The Morgan fingerprint density at radius 2 is 1.69 bits per heavy atom. The van der Waals surface area contributed by atoms with Crippen molar-refractivity contribution in [3.05, 3.63) is 88.9 Å². The number of hydrogen-bond acceptors (Lipinski definition) is 4. The van der Waals surface area contributed by atoms with Crippen LogP contribution in [0.4, 0.5) is 5.69 Å². The highest BCUT2D eigenvalue weighted by Crippen LogP contribution is 2.30. The van der Waals surface area contributed by atoms with Crippen LogP contribution in [-0.4, -0.2) is 28.0 Å². The monoisotopic (exact) mass is 514 g/mol. The minimum Gasteiger partial charge on any atom is -0.497 e. The summed E-state index contributed by atoms with van der Waals surface area (Å²) in [5.74, 6) is 0.618. The Morgan fingerprint density at radius 1 is 1.03 bits per heavy atom. The fourth-order valence-electron chi connectivity index (χ4n) is 3.83. The average Bonchev–Trinajstić information content (AvgIpc) is 2.84. The summed E-state index contributed by atoms with van der Waals surface area (Å²) < 4.78 is 33.6. The van der Waals surface area contributed by atoms with E-state index in [9.17, 15) is 13.2 Å². The summed E-state index contributed by atoms with van der Waals surface area (Å²) >= 11 is 6.21. The normalized spacial score (nSPS) is 12.3. The van der Waals surface area contributed by atoms with E-state index < -0.39 is 15.9 Å². The van der Waals surface area contributed by atoms with Crippen molar-refractivity contribution in [3.63, 3.8) is 0 Å². The number of amides is 1. The quantitative estimate of drug-likeness (QED) is 0.373. The number of ether oxygens (including phenoxy) is 1. The van der Waals surface area contributed by atoms with Gasteiger partial charge in [-0.1, -0.05) is 61.8 Å². The first-order valence-corrected chi connectivity index (χ1v) is 13.2. The summed E-state index contributed by atoms with van der Waals surface area (Å²) in [6, 6.07) is 20.3. The Labute approximate surface area is 212 Å². The van der Waals surface area contributed by atoms with Gasteiger partial charge in [0.1, 0.15) is 12.3 Å². The van der Waals surface area contributed by atoms with Crippen LogP contribution in [0.25, 0.3) is 0 Å². The second-order valence-corrected chi connectivity index (χ2v) is 11.1. The predicted octanol–water partition coefficient (Wildman–Crippen LogP) is 5.76. The number of carbonyl (C=O) groups excluding carboxylic acids is 1. The van der Waals surface area contributed by atoms with Gasteiger partial charge in [-0.2, -0.15) is 0 Å². The Bertz CT molecular complexity index is 1250. The van der Waals surface area contributed by atoms with Gasteiger partial charge in [0.15, 0.2) is 0 Å². The summed E-state index contributed by atoms with van der Waals surface area (Å²) in [6.45, 7) is 5.55. The van der Waals surface area contributed by atoms with Crippen molar-refractivity contribution in [2.75, 3.05) is 18.0 Å². The van der Waals surface area contributed by atoms with Gasteiger partial charge in [-0.3, -0.25) is 9.10 Å². The molecule has 1 atom stereocenters. The van der Waals surface area contributed by atoms with E-state index in [-0.39, 0.29) is 17.5 Å². The number of methoxy groups -OCH3 is 1. The van der Waals surface area contributed by atoms with E-state index in [1.807, 2.05) is 24.3 Å². The maximum Gasteiger partial charge on any atom is 0.264 e. The van der Waals surface area contributed by atoms with E-state index >= 15 is 0 Å². The number of halogens is 1. The molecular formula is C27H31ClN2O4S. The van der Waals surface area contributed by atoms with Crippen LogP contribution in [0.3, 0.4) is 0 Å². The molecule has 186 valence electrons. The van der Waals surface area contributed by atoms with Crippen molar-refractivity contribution >= 4 is 33.2 Å². The van der Waals surface area contributed by atoms with Gasteiger partial charge >= 0.3 is 0 Å². The lowest BCUT2D eigenvalue weighted by molar-refractivity contribution is -0.120. The molecule has 0 fully saturated rings. The Balaban J connectivity index is 1.95. The van der Waals surface area contributed by atoms with Crippen molar-refractivity contribution in [2.45, 2.75) is 38.1 Å². The van der Waals surface area contributed by atoms with Crippen molar-refractivity contribution in [3.8, 4) is 5.75 Å². The topological polar surface area (TPSA) is 75.7 Å². The van der Waals surface area contributed by atoms with Crippen LogP contribution in [-0.2, 0) is 14.8 Å². The first kappa shape index (κ1) is 26.6. The lowest BCUT2D eigenvalue weighted by Gasteiger charge is -2.27. The first-order valence-electron chi connectivity index (χ1n) is 11.4. The molecule has 3 aromatic rings. The van der Waals surface area contributed by atoms with Crippen LogP contribution in [0.2, 0.25) is 5.02 Å². The van der Waals surface area contributed by atoms with Gasteiger partial charge in [0, 0.05) is 5.02 Å². The summed E-state index contributed by atoms with van der Waals surface area (Å²) in [5, 5.41) is 3.43. The molecule has 0 radical (unpaired) electrons. The molecule has 0 aliphatic carbocycles. The van der Waals surface area contributed by atoms with Crippen LogP contribution in [0.15, 0.2) is 77.7 Å². The molecule has 1 amide bonds. The Hall–Kier alpha value is -3.03. The first-order chi connectivity index (χ1) is 16.6. The van der Waals surface area contributed by atoms with E-state index in [1.165, 1.54) is 12.1 Å². The highest BCUT2D eigenvalue weighted by molar-refractivity contribution is 7.92. The molecule has 1 N–H and O–H groups in total. The predicted molar refractivity (Wildman–Crippen MR) is 140 cm³/mol. The summed E-state index contributed by atoms with van der Waals surface area (Å²) in [7, 11) is -2.42. The maximum absolute atomic E-state index is 13.6. The lowest BCUT2D eigenvalue weighted by Crippen LogP contribution is -2.42. The number of sulfonamides is 1. The number of nitrogens with one attached hydrogen (secondary N) is 1. The summed E-state index contributed by atoms with van der Waals surface area (Å²) in [5.41, 5.74) is 1.97. The minimum atomic E-state index is -4.02. The fraction of sp³-hybridized carbons (Fsp3) is 0.296. The van der Waals surface area contributed by atoms with Gasteiger partial charge in [-0.25, -0.2) is 8.42 Å². The molecule has 0 aliphatic heterocycles. The van der Waals surface area contributed by atoms with Gasteiger partial charge < -0.3 is 10.1 Å². The standard InChI is InChI=1S/C27H31ClN2O4S/c1-19(2)16-25(21-11-14-23(34-4)15-12-21)29-27(31)18-30(26-17-22(28)13-10-20(26)3)35(32,33)24-8-6-5-7-9-24/h5-15,17,19,25H,16,18H2,1-4H3,(H,29,31). The molecule has 0 heterocycles. The molecule has 1 unspecified atom stereocenters. The van der Waals surface area contributed by atoms with Crippen molar-refractivity contribution in [1.29, 1.82) is 0 Å². The maximum atomic E-state index is 13.6. The molecule has 0 saturated heterocycles. The molecule has 0 bridgehead atoms. The number of benzene rings is 3. The Kier molecular flexibility index (Phi) is 8.81. The van der Waals surface area contributed by atoms with E-state index in [1.54, 1.807) is 50.4 Å². The molecule has 0 aliphatic rings. The van der Waals surface area contributed by atoms with Crippen LogP contribution in [0.1, 0.15) is 37.4 Å². The zero-order chi connectivity index (χ0) is 25.6. The molecular weight excluding hydrogens is 484 g/mol. The second kappa shape index (κ2) is 11.6. The number of anilines is 1. The summed E-state index contributed by atoms with van der Waals surface area (Å²) in [4.78, 5) is 13.4. The SMILES string of the molecule is COc1ccc(C(CC(C)C)NC(=O)CN(c2cc(Cl)ccc2C)S(=O)(=O)c2ccccc2)cc1. The lowest BCUT2D eigenvalue weighted by atomic mass is 9.97. The molecule has 0 aromatic heterocycles. The van der Waals surface area contributed by atoms with Crippen LogP contribution in [0.5, 0.6) is 5.75 Å². The molecule has 3 aromatic carbocycles. The van der Waals surface area contributed by atoms with Crippen LogP contribution >= 0.6 is 11.6 Å². The van der Waals surface area contributed by atoms with Crippen molar-refractivity contribution in [2.24, 2.45) is 5.92 Å². The molecule has 3 rings (SSSR count). The molecule has 0 saturated carbocycles. The van der Waals surface area contributed by atoms with Crippen LogP contribution < -0.4 is 14.4 Å². The van der Waals surface area contributed by atoms with Crippen molar-refractivity contribution < 1.29 is 17.9 Å². The third-order valence-electron chi connectivity index (χ3n) is 5.62. The highest BCUT2D eigenvalue weighted by atomic mass is 35.5. The zero-order valence-electron chi connectivity index (χ0n) is 20.4. The molecule has 35 heavy (non-hydrogen) atoms. The van der Waals surface area contributed by atoms with E-state index in [0.717, 1.165) is 15.6 Å². The number of aryl methyl sites for hydroxylation is 1.